The number of para-hydroxylation sites is 1. The number of nitrogens with zero attached hydrogens (tertiary/aromatic N) is 4. The van der Waals surface area contributed by atoms with E-state index in [0.717, 1.165) is 43.2 Å². The van der Waals surface area contributed by atoms with Crippen molar-refractivity contribution in [2.24, 2.45) is 7.05 Å². The molecule has 2 spiro atoms. The number of halogens is 3. The molecule has 5 aromatic rings. The highest BCUT2D eigenvalue weighted by atomic mass is 35.5. The number of imidazole rings is 1. The molecule has 0 bridgehead atoms. The molecular weight excluding hydrogens is 899 g/mol. The molecule has 1 saturated carbocycles. The summed E-state index contributed by atoms with van der Waals surface area (Å²) in [5.41, 5.74) is 2.04. The van der Waals surface area contributed by atoms with Gasteiger partial charge in [-0.3, -0.25) is 48.6 Å². The topological polar surface area (TPSA) is 167 Å². The van der Waals surface area contributed by atoms with Crippen LogP contribution in [0.25, 0.3) is 11.0 Å². The van der Waals surface area contributed by atoms with Gasteiger partial charge in [-0.1, -0.05) is 72.8 Å². The highest BCUT2D eigenvalue weighted by Crippen LogP contribution is 2.63. The number of benzene rings is 4. The number of imide groups is 1. The fraction of sp³-hybridized carbons (Fsp3) is 0.400. The lowest BCUT2D eigenvalue weighted by Gasteiger charge is -2.47. The lowest BCUT2D eigenvalue weighted by atomic mass is 9.55. The van der Waals surface area contributed by atoms with Crippen molar-refractivity contribution in [1.82, 2.24) is 29.6 Å². The number of aryl methyl sites for hydroxylation is 1. The second-order valence-corrected chi connectivity index (χ2v) is 19.6. The van der Waals surface area contributed by atoms with Crippen LogP contribution >= 0.6 is 23.2 Å². The average molecular weight is 950 g/mol. The van der Waals surface area contributed by atoms with Crippen LogP contribution in [0, 0.1) is 5.82 Å². The van der Waals surface area contributed by atoms with Gasteiger partial charge in [-0.05, 0) is 97.3 Å². The number of rotatable bonds is 8. The van der Waals surface area contributed by atoms with Crippen LogP contribution in [0.1, 0.15) is 96.8 Å². The van der Waals surface area contributed by atoms with Gasteiger partial charge in [-0.15, -0.1) is 0 Å². The Morgan fingerprint density at radius 3 is 2.36 bits per heavy atom. The van der Waals surface area contributed by atoms with E-state index in [1.165, 1.54) is 10.6 Å². The zero-order valence-corrected chi connectivity index (χ0v) is 38.7. The quantitative estimate of drug-likeness (QED) is 0.124. The lowest BCUT2D eigenvalue weighted by molar-refractivity contribution is -0.135. The van der Waals surface area contributed by atoms with Crippen LogP contribution in [0.15, 0.2) is 83.7 Å². The van der Waals surface area contributed by atoms with Gasteiger partial charge < -0.3 is 15.5 Å². The predicted octanol–water partition coefficient (Wildman–Crippen LogP) is 6.79. The van der Waals surface area contributed by atoms with Crippen molar-refractivity contribution in [2.45, 2.75) is 99.3 Å². The van der Waals surface area contributed by atoms with E-state index in [1.807, 2.05) is 24.3 Å². The van der Waals surface area contributed by atoms with Crippen LogP contribution in [-0.4, -0.2) is 86.2 Å². The van der Waals surface area contributed by atoms with Crippen molar-refractivity contribution in [3.63, 3.8) is 0 Å². The summed E-state index contributed by atoms with van der Waals surface area (Å²) in [5.74, 6) is -3.40. The van der Waals surface area contributed by atoms with E-state index >= 15 is 4.39 Å². The normalized spacial score (nSPS) is 24.0. The molecule has 4 fully saturated rings. The SMILES string of the molecule is CN(C(=O)c1ccc(NC(=O)[C@@H]2NC3(CCCCC3)[C@@]3(C(=O)Nc4cc(Cl)ccc43)[C@H]2c2cccc(Cl)c2F)cc1)C1CCN(Cc2cccc3c2n(C)c(=O)n3C2CCC(=O)NC2=O)CC1. The lowest BCUT2D eigenvalue weighted by Crippen LogP contribution is -2.60. The van der Waals surface area contributed by atoms with Crippen LogP contribution < -0.4 is 27.0 Å². The molecule has 4 aliphatic heterocycles. The molecule has 4 atom stereocenters. The first-order valence-electron chi connectivity index (χ1n) is 23.0. The van der Waals surface area contributed by atoms with Gasteiger partial charge in [-0.25, -0.2) is 9.18 Å². The van der Waals surface area contributed by atoms with Crippen molar-refractivity contribution in [2.75, 3.05) is 30.8 Å². The van der Waals surface area contributed by atoms with E-state index in [4.69, 9.17) is 23.2 Å². The Morgan fingerprint density at radius 2 is 1.63 bits per heavy atom. The maximum absolute atomic E-state index is 16.3. The monoisotopic (exact) mass is 948 g/mol. The van der Waals surface area contributed by atoms with E-state index in [9.17, 15) is 28.8 Å². The minimum Gasteiger partial charge on any atom is -0.339 e. The van der Waals surface area contributed by atoms with Crippen LogP contribution in [0.3, 0.4) is 0 Å². The third kappa shape index (κ3) is 7.36. The second kappa shape index (κ2) is 17.3. The minimum atomic E-state index is -1.36. The number of piperidine rings is 2. The number of amides is 5. The number of carbonyl (C=O) groups is 5. The molecule has 0 radical (unpaired) electrons. The van der Waals surface area contributed by atoms with Crippen LogP contribution in [0.2, 0.25) is 10.0 Å². The largest absolute Gasteiger partial charge is 0.339 e. The minimum absolute atomic E-state index is 0.0254. The van der Waals surface area contributed by atoms with Gasteiger partial charge in [0.1, 0.15) is 17.3 Å². The highest BCUT2D eigenvalue weighted by Gasteiger charge is 2.72. The second-order valence-electron chi connectivity index (χ2n) is 18.8. The number of nitrogens with one attached hydrogen (secondary N) is 4. The molecule has 14 nitrogen and oxygen atoms in total. The van der Waals surface area contributed by atoms with Gasteiger partial charge in [0.2, 0.25) is 23.6 Å². The van der Waals surface area contributed by atoms with Crippen molar-refractivity contribution in [3.8, 4) is 0 Å². The molecule has 4 N–H and O–H groups in total. The van der Waals surface area contributed by atoms with Gasteiger partial charge in [0.05, 0.1) is 22.1 Å². The summed E-state index contributed by atoms with van der Waals surface area (Å²) in [4.78, 5) is 85.4. The number of aromatic nitrogens is 2. The van der Waals surface area contributed by atoms with Crippen molar-refractivity contribution in [1.29, 1.82) is 0 Å². The fourth-order valence-corrected chi connectivity index (χ4v) is 12.4. The standard InChI is InChI=1S/C50H51Cl2FN8O6/c1-58(32-20-24-60(25-21-32)27-29-8-6-11-37-43(29)59(2)48(67)61(37)38-18-19-39(62)56-44(38)63)46(65)28-12-15-31(16-13-28)54-45(64)42-40(33-9-7-10-35(52)41(33)53)50(49(57-42)22-4-3-5-23-49)34-17-14-30(51)26-36(34)55-47(50)66/h6-17,26,32,38,40,42,57H,3-5,18-25,27H2,1-2H3,(H,54,64)(H,55,66)(H,56,62,63)/t38?,40-,42+,50+/m0/s1. The number of hydrogen-bond donors (Lipinski definition) is 4. The Hall–Kier alpha value is -5.87. The Labute approximate surface area is 396 Å². The van der Waals surface area contributed by atoms with Crippen LogP contribution in [0.5, 0.6) is 0 Å². The molecule has 3 saturated heterocycles. The first kappa shape index (κ1) is 44.9. The zero-order chi connectivity index (χ0) is 46.9. The van der Waals surface area contributed by atoms with Gasteiger partial charge >= 0.3 is 5.69 Å². The Bertz CT molecular complexity index is 2920. The van der Waals surface area contributed by atoms with Crippen molar-refractivity contribution < 1.29 is 28.4 Å². The fourth-order valence-electron chi connectivity index (χ4n) is 12.1. The molecule has 5 aliphatic rings. The first-order valence-corrected chi connectivity index (χ1v) is 23.7. The molecule has 1 unspecified atom stereocenters. The molecule has 1 aromatic heterocycles. The summed E-state index contributed by atoms with van der Waals surface area (Å²) >= 11 is 12.8. The maximum Gasteiger partial charge on any atom is 0.329 e. The summed E-state index contributed by atoms with van der Waals surface area (Å²) in [6.07, 6.45) is 5.67. The third-order valence-corrected chi connectivity index (χ3v) is 15.8. The van der Waals surface area contributed by atoms with E-state index in [0.29, 0.717) is 65.5 Å². The number of likely N-dealkylation sites (tertiary alicyclic amines) is 1. The summed E-state index contributed by atoms with van der Waals surface area (Å²) in [5, 5.41) is 12.4. The van der Waals surface area contributed by atoms with Crippen LogP contribution in [-0.2, 0) is 38.2 Å². The van der Waals surface area contributed by atoms with E-state index in [-0.39, 0.29) is 52.9 Å². The molecule has 4 aromatic carbocycles. The molecular formula is C50H51Cl2FN8O6. The number of anilines is 2. The summed E-state index contributed by atoms with van der Waals surface area (Å²) in [6.45, 7) is 2.00. The Balaban J connectivity index is 0.836. The van der Waals surface area contributed by atoms with E-state index < -0.39 is 46.6 Å². The smallest absolute Gasteiger partial charge is 0.329 e. The van der Waals surface area contributed by atoms with Gasteiger partial charge in [0.15, 0.2) is 0 Å². The van der Waals surface area contributed by atoms with E-state index in [2.05, 4.69) is 26.2 Å². The molecule has 1 aliphatic carbocycles. The summed E-state index contributed by atoms with van der Waals surface area (Å²) in [7, 11) is 3.50. The number of hydrogen-bond acceptors (Lipinski definition) is 8. The number of fused-ring (bicyclic) bond motifs is 4. The molecule has 5 heterocycles. The molecule has 67 heavy (non-hydrogen) atoms. The Morgan fingerprint density at radius 1 is 0.896 bits per heavy atom. The van der Waals surface area contributed by atoms with Gasteiger partial charge in [0, 0.05) is 79.6 Å². The first-order chi connectivity index (χ1) is 32.2. The van der Waals surface area contributed by atoms with E-state index in [1.54, 1.807) is 72.1 Å². The molecule has 5 amide bonds. The van der Waals surface area contributed by atoms with Crippen LogP contribution in [0.4, 0.5) is 15.8 Å². The van der Waals surface area contributed by atoms with Gasteiger partial charge in [0.25, 0.3) is 5.91 Å². The molecule has 17 heteroatoms. The summed E-state index contributed by atoms with van der Waals surface area (Å²) in [6, 6.07) is 20.5. The van der Waals surface area contributed by atoms with Crippen molar-refractivity contribution >= 4 is 75.1 Å². The third-order valence-electron chi connectivity index (χ3n) is 15.2. The average Bonchev–Trinajstić information content (AvgIpc) is 3.88. The summed E-state index contributed by atoms with van der Waals surface area (Å²) < 4.78 is 19.4. The van der Waals surface area contributed by atoms with Crippen molar-refractivity contribution in [3.05, 3.63) is 127 Å². The predicted molar refractivity (Wildman–Crippen MR) is 253 cm³/mol. The highest BCUT2D eigenvalue weighted by molar-refractivity contribution is 6.31. The molecule has 10 rings (SSSR count). The Kier molecular flexibility index (Phi) is 11.6. The zero-order valence-electron chi connectivity index (χ0n) is 37.2. The molecule has 348 valence electrons. The maximum atomic E-state index is 16.3. The van der Waals surface area contributed by atoms with Gasteiger partial charge in [-0.2, -0.15) is 0 Å². The number of carbonyl (C=O) groups excluding carboxylic acids is 5.